The molecular formula is C20H23NO5. The second kappa shape index (κ2) is 9.46. The Hall–Kier alpha value is -3.02. The van der Waals surface area contributed by atoms with Gasteiger partial charge in [0.25, 0.3) is 5.91 Å². The van der Waals surface area contributed by atoms with Crippen molar-refractivity contribution >= 4 is 11.9 Å². The van der Waals surface area contributed by atoms with Crippen molar-refractivity contribution in [2.24, 2.45) is 0 Å². The lowest BCUT2D eigenvalue weighted by atomic mass is 10.1. The van der Waals surface area contributed by atoms with Gasteiger partial charge in [0, 0.05) is 12.1 Å². The SMILES string of the molecule is CCOC(=O)CN(Cc1ccccc1)C(=O)c1ccc(OC)c(OC)c1. The van der Waals surface area contributed by atoms with Crippen LogP contribution in [-0.2, 0) is 16.1 Å². The zero-order valence-corrected chi connectivity index (χ0v) is 15.2. The first-order chi connectivity index (χ1) is 12.6. The van der Waals surface area contributed by atoms with E-state index in [4.69, 9.17) is 14.2 Å². The molecule has 0 fully saturated rings. The number of nitrogens with zero attached hydrogens (tertiary/aromatic N) is 1. The summed E-state index contributed by atoms with van der Waals surface area (Å²) in [5.41, 5.74) is 1.33. The van der Waals surface area contributed by atoms with Crippen LogP contribution in [0.4, 0.5) is 0 Å². The Labute approximate surface area is 153 Å². The van der Waals surface area contributed by atoms with Crippen LogP contribution in [-0.4, -0.2) is 44.1 Å². The van der Waals surface area contributed by atoms with Crippen LogP contribution in [0, 0.1) is 0 Å². The third kappa shape index (κ3) is 4.99. The first kappa shape index (κ1) is 19.3. The highest BCUT2D eigenvalue weighted by Gasteiger charge is 2.21. The highest BCUT2D eigenvalue weighted by atomic mass is 16.5. The molecule has 0 heterocycles. The summed E-state index contributed by atoms with van der Waals surface area (Å²) in [4.78, 5) is 26.4. The molecule has 6 heteroatoms. The molecule has 0 radical (unpaired) electrons. The average molecular weight is 357 g/mol. The van der Waals surface area contributed by atoms with Crippen LogP contribution in [0.2, 0.25) is 0 Å². The molecule has 2 rings (SSSR count). The Morgan fingerprint density at radius 2 is 1.65 bits per heavy atom. The maximum absolute atomic E-state index is 13.0. The van der Waals surface area contributed by atoms with Crippen LogP contribution >= 0.6 is 0 Å². The zero-order chi connectivity index (χ0) is 18.9. The van der Waals surface area contributed by atoms with E-state index in [-0.39, 0.29) is 19.1 Å². The molecular weight excluding hydrogens is 334 g/mol. The summed E-state index contributed by atoms with van der Waals surface area (Å²) in [5.74, 6) is 0.248. The minimum absolute atomic E-state index is 0.129. The van der Waals surface area contributed by atoms with Gasteiger partial charge < -0.3 is 19.1 Å². The van der Waals surface area contributed by atoms with Crippen LogP contribution in [0.15, 0.2) is 48.5 Å². The van der Waals surface area contributed by atoms with Crippen molar-refractivity contribution in [2.75, 3.05) is 27.4 Å². The molecule has 0 aliphatic carbocycles. The molecule has 2 aromatic carbocycles. The normalized spacial score (nSPS) is 10.1. The quantitative estimate of drug-likeness (QED) is 0.680. The van der Waals surface area contributed by atoms with Crippen LogP contribution in [0.25, 0.3) is 0 Å². The molecule has 0 saturated carbocycles. The largest absolute Gasteiger partial charge is 0.493 e. The first-order valence-corrected chi connectivity index (χ1v) is 8.29. The summed E-state index contributed by atoms with van der Waals surface area (Å²) in [7, 11) is 3.04. The van der Waals surface area contributed by atoms with E-state index < -0.39 is 5.97 Å². The van der Waals surface area contributed by atoms with E-state index in [1.165, 1.54) is 19.1 Å². The monoisotopic (exact) mass is 357 g/mol. The number of amides is 1. The predicted molar refractivity (Wildman–Crippen MR) is 97.4 cm³/mol. The summed E-state index contributed by atoms with van der Waals surface area (Å²) >= 11 is 0. The molecule has 26 heavy (non-hydrogen) atoms. The number of esters is 1. The molecule has 0 bridgehead atoms. The second-order valence-corrected chi connectivity index (χ2v) is 5.52. The van der Waals surface area contributed by atoms with Crippen molar-refractivity contribution in [2.45, 2.75) is 13.5 Å². The molecule has 0 atom stereocenters. The molecule has 1 amide bonds. The molecule has 0 spiro atoms. The van der Waals surface area contributed by atoms with Gasteiger partial charge in [-0.05, 0) is 30.7 Å². The van der Waals surface area contributed by atoms with Crippen molar-refractivity contribution < 1.29 is 23.8 Å². The lowest BCUT2D eigenvalue weighted by molar-refractivity contribution is -0.143. The van der Waals surface area contributed by atoms with Crippen LogP contribution in [0.5, 0.6) is 11.5 Å². The Balaban J connectivity index is 2.28. The van der Waals surface area contributed by atoms with Gasteiger partial charge >= 0.3 is 5.97 Å². The number of hydrogen-bond acceptors (Lipinski definition) is 5. The Bertz CT molecular complexity index is 745. The Kier molecular flexibility index (Phi) is 7.02. The number of benzene rings is 2. The molecule has 138 valence electrons. The van der Waals surface area contributed by atoms with Gasteiger partial charge in [-0.3, -0.25) is 9.59 Å². The van der Waals surface area contributed by atoms with Gasteiger partial charge in [-0.1, -0.05) is 30.3 Å². The number of carbonyl (C=O) groups excluding carboxylic acids is 2. The van der Waals surface area contributed by atoms with Gasteiger partial charge in [-0.2, -0.15) is 0 Å². The molecule has 0 N–H and O–H groups in total. The van der Waals surface area contributed by atoms with Crippen LogP contribution in [0.1, 0.15) is 22.8 Å². The van der Waals surface area contributed by atoms with Crippen LogP contribution < -0.4 is 9.47 Å². The summed E-state index contributed by atoms with van der Waals surface area (Å²) in [5, 5.41) is 0. The molecule has 0 unspecified atom stereocenters. The van der Waals surface area contributed by atoms with Gasteiger partial charge in [0.2, 0.25) is 0 Å². The number of carbonyl (C=O) groups is 2. The maximum Gasteiger partial charge on any atom is 0.325 e. The van der Waals surface area contributed by atoms with Gasteiger partial charge in [0.15, 0.2) is 11.5 Å². The van der Waals surface area contributed by atoms with E-state index in [2.05, 4.69) is 0 Å². The first-order valence-electron chi connectivity index (χ1n) is 8.29. The summed E-state index contributed by atoms with van der Waals surface area (Å²) in [6, 6.07) is 14.4. The van der Waals surface area contributed by atoms with Gasteiger partial charge in [-0.15, -0.1) is 0 Å². The van der Waals surface area contributed by atoms with Crippen molar-refractivity contribution in [1.82, 2.24) is 4.90 Å². The lowest BCUT2D eigenvalue weighted by Gasteiger charge is -2.22. The van der Waals surface area contributed by atoms with E-state index in [0.717, 1.165) is 5.56 Å². The topological polar surface area (TPSA) is 65.1 Å². The number of rotatable bonds is 8. The molecule has 0 aromatic heterocycles. The fourth-order valence-corrected chi connectivity index (χ4v) is 2.52. The molecule has 2 aromatic rings. The number of ether oxygens (including phenoxy) is 3. The summed E-state index contributed by atoms with van der Waals surface area (Å²) in [6.07, 6.45) is 0. The van der Waals surface area contributed by atoms with Gasteiger partial charge in [0.05, 0.1) is 20.8 Å². The van der Waals surface area contributed by atoms with E-state index in [0.29, 0.717) is 23.6 Å². The van der Waals surface area contributed by atoms with Gasteiger partial charge in [0.1, 0.15) is 6.54 Å². The minimum Gasteiger partial charge on any atom is -0.493 e. The predicted octanol–water partition coefficient (Wildman–Crippen LogP) is 2.91. The standard InChI is InChI=1S/C20H23NO5/c1-4-26-19(22)14-21(13-15-8-6-5-7-9-15)20(23)16-10-11-17(24-2)18(12-16)25-3/h5-12H,4,13-14H2,1-3H3. The fraction of sp³-hybridized carbons (Fsp3) is 0.300. The molecule has 6 nitrogen and oxygen atoms in total. The van der Waals surface area contributed by atoms with Crippen LogP contribution in [0.3, 0.4) is 0 Å². The maximum atomic E-state index is 13.0. The zero-order valence-electron chi connectivity index (χ0n) is 15.2. The highest BCUT2D eigenvalue weighted by Crippen LogP contribution is 2.28. The van der Waals surface area contributed by atoms with Crippen molar-refractivity contribution in [3.63, 3.8) is 0 Å². The average Bonchev–Trinajstić information content (AvgIpc) is 2.67. The van der Waals surface area contributed by atoms with E-state index >= 15 is 0 Å². The number of methoxy groups -OCH3 is 2. The number of hydrogen-bond donors (Lipinski definition) is 0. The van der Waals surface area contributed by atoms with E-state index in [1.807, 2.05) is 30.3 Å². The Morgan fingerprint density at radius 3 is 2.27 bits per heavy atom. The molecule has 0 aliphatic heterocycles. The third-order valence-corrected chi connectivity index (χ3v) is 3.76. The lowest BCUT2D eigenvalue weighted by Crippen LogP contribution is -2.36. The molecule has 0 saturated heterocycles. The Morgan fingerprint density at radius 1 is 0.962 bits per heavy atom. The minimum atomic E-state index is -0.447. The molecule has 0 aliphatic rings. The van der Waals surface area contributed by atoms with Crippen molar-refractivity contribution in [3.05, 3.63) is 59.7 Å². The summed E-state index contributed by atoms with van der Waals surface area (Å²) < 4.78 is 15.5. The summed E-state index contributed by atoms with van der Waals surface area (Å²) in [6.45, 7) is 2.17. The highest BCUT2D eigenvalue weighted by molar-refractivity contribution is 5.96. The van der Waals surface area contributed by atoms with E-state index in [9.17, 15) is 9.59 Å². The second-order valence-electron chi connectivity index (χ2n) is 5.52. The van der Waals surface area contributed by atoms with E-state index in [1.54, 1.807) is 25.1 Å². The van der Waals surface area contributed by atoms with Crippen molar-refractivity contribution in [1.29, 1.82) is 0 Å². The fourth-order valence-electron chi connectivity index (χ4n) is 2.52. The van der Waals surface area contributed by atoms with Gasteiger partial charge in [-0.25, -0.2) is 0 Å². The third-order valence-electron chi connectivity index (χ3n) is 3.76. The smallest absolute Gasteiger partial charge is 0.325 e. The van der Waals surface area contributed by atoms with Crippen molar-refractivity contribution in [3.8, 4) is 11.5 Å².